The SMILES string of the molecule is O=C1CC(C(F)(F)F)c2cnc(N3CCC(c4nc(C5CC5)cn4CCN4CCC4)CC3)nc2N1. The van der Waals surface area contributed by atoms with Gasteiger partial charge in [0.05, 0.1) is 11.6 Å². The van der Waals surface area contributed by atoms with Crippen molar-refractivity contribution < 1.29 is 18.0 Å². The highest BCUT2D eigenvalue weighted by molar-refractivity contribution is 5.93. The number of piperidine rings is 1. The van der Waals surface area contributed by atoms with Crippen LogP contribution in [0.2, 0.25) is 0 Å². The van der Waals surface area contributed by atoms with Gasteiger partial charge in [-0.3, -0.25) is 4.79 Å². The van der Waals surface area contributed by atoms with E-state index in [4.69, 9.17) is 4.98 Å². The van der Waals surface area contributed by atoms with E-state index in [-0.39, 0.29) is 11.4 Å². The van der Waals surface area contributed by atoms with E-state index < -0.39 is 24.4 Å². The minimum Gasteiger partial charge on any atom is -0.341 e. The lowest BCUT2D eigenvalue weighted by Crippen LogP contribution is -2.39. The van der Waals surface area contributed by atoms with E-state index in [2.05, 4.69) is 30.9 Å². The summed E-state index contributed by atoms with van der Waals surface area (Å²) in [5, 5.41) is 2.50. The Labute approximate surface area is 201 Å². The molecule has 3 fully saturated rings. The lowest BCUT2D eigenvalue weighted by atomic mass is 9.93. The first kappa shape index (κ1) is 22.8. The predicted molar refractivity (Wildman–Crippen MR) is 124 cm³/mol. The Morgan fingerprint density at radius 2 is 1.77 bits per heavy atom. The highest BCUT2D eigenvalue weighted by Gasteiger charge is 2.46. The molecule has 2 aromatic rings. The Hall–Kier alpha value is -2.69. The van der Waals surface area contributed by atoms with Crippen molar-refractivity contribution >= 4 is 17.7 Å². The molecule has 35 heavy (non-hydrogen) atoms. The lowest BCUT2D eigenvalue weighted by molar-refractivity contribution is -0.156. The molecule has 2 saturated heterocycles. The Balaban J connectivity index is 1.15. The fourth-order valence-electron chi connectivity index (χ4n) is 5.38. The van der Waals surface area contributed by atoms with E-state index in [9.17, 15) is 18.0 Å². The summed E-state index contributed by atoms with van der Waals surface area (Å²) in [5.41, 5.74) is 1.16. The van der Waals surface area contributed by atoms with Gasteiger partial charge in [0.15, 0.2) is 0 Å². The molecule has 1 saturated carbocycles. The smallest absolute Gasteiger partial charge is 0.341 e. The Morgan fingerprint density at radius 3 is 2.43 bits per heavy atom. The van der Waals surface area contributed by atoms with Crippen LogP contribution in [0.25, 0.3) is 0 Å². The molecule has 188 valence electrons. The summed E-state index contributed by atoms with van der Waals surface area (Å²) in [5.74, 6) is -0.0718. The number of imidazole rings is 1. The van der Waals surface area contributed by atoms with Crippen LogP contribution >= 0.6 is 0 Å². The van der Waals surface area contributed by atoms with Crippen LogP contribution in [0.3, 0.4) is 0 Å². The van der Waals surface area contributed by atoms with Crippen LogP contribution in [0.5, 0.6) is 0 Å². The third-order valence-electron chi connectivity index (χ3n) is 7.79. The summed E-state index contributed by atoms with van der Waals surface area (Å²) in [6.45, 7) is 5.77. The molecular weight excluding hydrogens is 459 g/mol. The second-order valence-electron chi connectivity index (χ2n) is 10.3. The predicted octanol–water partition coefficient (Wildman–Crippen LogP) is 3.63. The Morgan fingerprint density at radius 1 is 1.00 bits per heavy atom. The number of likely N-dealkylation sites (tertiary alicyclic amines) is 1. The van der Waals surface area contributed by atoms with Crippen LogP contribution < -0.4 is 10.2 Å². The highest BCUT2D eigenvalue weighted by atomic mass is 19.4. The van der Waals surface area contributed by atoms with Crippen LogP contribution in [0.4, 0.5) is 24.9 Å². The summed E-state index contributed by atoms with van der Waals surface area (Å²) in [6.07, 6.45) is 3.84. The number of rotatable bonds is 6. The molecule has 4 aliphatic rings. The fourth-order valence-corrected chi connectivity index (χ4v) is 5.38. The van der Waals surface area contributed by atoms with E-state index in [0.717, 1.165) is 25.9 Å². The van der Waals surface area contributed by atoms with Crippen LogP contribution in [0.1, 0.15) is 73.4 Å². The number of hydrogen-bond acceptors (Lipinski definition) is 6. The number of carbonyl (C=O) groups excluding carboxylic acids is 1. The molecule has 3 aliphatic heterocycles. The molecule has 2 aromatic heterocycles. The van der Waals surface area contributed by atoms with Gasteiger partial charge < -0.3 is 19.7 Å². The van der Waals surface area contributed by atoms with Gasteiger partial charge in [0.1, 0.15) is 11.6 Å². The van der Waals surface area contributed by atoms with E-state index in [1.54, 1.807) is 0 Å². The van der Waals surface area contributed by atoms with E-state index in [1.165, 1.54) is 50.1 Å². The molecule has 0 aromatic carbocycles. The number of fused-ring (bicyclic) bond motifs is 1. The van der Waals surface area contributed by atoms with Crippen molar-refractivity contribution in [3.8, 4) is 0 Å². The molecule has 5 heterocycles. The standard InChI is InChI=1S/C24H30F3N7O/c25-24(26,27)18-12-20(35)30-21-17(18)13-28-23(31-21)33-8-4-16(5-9-33)22-29-19(15-2-3-15)14-34(22)11-10-32-6-1-7-32/h13-16,18H,1-12H2,(H,28,30,31,35). The summed E-state index contributed by atoms with van der Waals surface area (Å²) in [4.78, 5) is 30.0. The highest BCUT2D eigenvalue weighted by Crippen LogP contribution is 2.43. The van der Waals surface area contributed by atoms with Gasteiger partial charge in [0.2, 0.25) is 11.9 Å². The maximum Gasteiger partial charge on any atom is 0.396 e. The Bertz CT molecular complexity index is 1100. The van der Waals surface area contributed by atoms with Gasteiger partial charge in [-0.1, -0.05) is 0 Å². The largest absolute Gasteiger partial charge is 0.396 e. The second-order valence-corrected chi connectivity index (χ2v) is 10.3. The summed E-state index contributed by atoms with van der Waals surface area (Å²) >= 11 is 0. The van der Waals surface area contributed by atoms with Crippen molar-refractivity contribution in [3.63, 3.8) is 0 Å². The van der Waals surface area contributed by atoms with Crippen molar-refractivity contribution in [3.05, 3.63) is 29.5 Å². The minimum absolute atomic E-state index is 0.0219. The van der Waals surface area contributed by atoms with Gasteiger partial charge in [0.25, 0.3) is 0 Å². The zero-order chi connectivity index (χ0) is 24.2. The molecule has 6 rings (SSSR count). The van der Waals surface area contributed by atoms with Gasteiger partial charge in [-0.2, -0.15) is 18.2 Å². The minimum atomic E-state index is -4.51. The average molecular weight is 490 g/mol. The van der Waals surface area contributed by atoms with Gasteiger partial charge in [-0.25, -0.2) is 9.97 Å². The molecule has 0 bridgehead atoms. The Kier molecular flexibility index (Phi) is 5.69. The van der Waals surface area contributed by atoms with Crippen LogP contribution in [0, 0.1) is 0 Å². The van der Waals surface area contributed by atoms with E-state index >= 15 is 0 Å². The van der Waals surface area contributed by atoms with Gasteiger partial charge in [-0.05, 0) is 45.2 Å². The van der Waals surface area contributed by atoms with Crippen molar-refractivity contribution in [1.29, 1.82) is 0 Å². The number of amides is 1. The van der Waals surface area contributed by atoms with E-state index in [0.29, 0.717) is 30.9 Å². The molecule has 11 heteroatoms. The van der Waals surface area contributed by atoms with Crippen molar-refractivity contribution in [2.45, 2.75) is 69.0 Å². The first-order valence-electron chi connectivity index (χ1n) is 12.6. The number of hydrogen-bond donors (Lipinski definition) is 1. The molecule has 0 spiro atoms. The topological polar surface area (TPSA) is 79.2 Å². The second kappa shape index (κ2) is 8.76. The summed E-state index contributed by atoms with van der Waals surface area (Å²) in [7, 11) is 0. The molecule has 8 nitrogen and oxygen atoms in total. The van der Waals surface area contributed by atoms with Gasteiger partial charge >= 0.3 is 6.18 Å². The third kappa shape index (κ3) is 4.62. The lowest BCUT2D eigenvalue weighted by Gasteiger charge is -2.34. The number of nitrogens with zero attached hydrogens (tertiary/aromatic N) is 6. The quantitative estimate of drug-likeness (QED) is 0.668. The maximum atomic E-state index is 13.4. The summed E-state index contributed by atoms with van der Waals surface area (Å²) < 4.78 is 42.6. The number of nitrogens with one attached hydrogen (secondary N) is 1. The zero-order valence-electron chi connectivity index (χ0n) is 19.6. The van der Waals surface area contributed by atoms with Crippen molar-refractivity contribution in [2.24, 2.45) is 0 Å². The molecule has 1 aliphatic carbocycles. The molecule has 1 atom stereocenters. The number of anilines is 2. The number of aromatic nitrogens is 4. The van der Waals surface area contributed by atoms with Crippen LogP contribution in [-0.2, 0) is 11.3 Å². The number of alkyl halides is 3. The van der Waals surface area contributed by atoms with Crippen molar-refractivity contribution in [2.75, 3.05) is 42.9 Å². The third-order valence-corrected chi connectivity index (χ3v) is 7.79. The molecule has 0 radical (unpaired) electrons. The normalized spacial score (nSPS) is 23.7. The van der Waals surface area contributed by atoms with Crippen LogP contribution in [0.15, 0.2) is 12.4 Å². The molecule has 1 N–H and O–H groups in total. The van der Waals surface area contributed by atoms with Crippen LogP contribution in [-0.4, -0.2) is 69.2 Å². The fraction of sp³-hybridized carbons (Fsp3) is 0.667. The summed E-state index contributed by atoms with van der Waals surface area (Å²) in [6, 6.07) is 0. The first-order chi connectivity index (χ1) is 16.8. The first-order valence-corrected chi connectivity index (χ1v) is 12.6. The monoisotopic (exact) mass is 489 g/mol. The van der Waals surface area contributed by atoms with Gasteiger partial charge in [0, 0.05) is 62.4 Å². The van der Waals surface area contributed by atoms with Gasteiger partial charge in [-0.15, -0.1) is 0 Å². The molecule has 1 amide bonds. The van der Waals surface area contributed by atoms with Crippen molar-refractivity contribution in [1.82, 2.24) is 24.4 Å². The number of halogens is 3. The molecule has 1 unspecified atom stereocenters. The molecular formula is C24H30F3N7O. The average Bonchev–Trinajstić information content (AvgIpc) is 3.56. The zero-order valence-corrected chi connectivity index (χ0v) is 19.6. The maximum absolute atomic E-state index is 13.4. The van der Waals surface area contributed by atoms with E-state index in [1.807, 2.05) is 4.90 Å². The number of carbonyl (C=O) groups is 1.